The second-order valence-corrected chi connectivity index (χ2v) is 5.94. The first-order valence-electron chi connectivity index (χ1n) is 6.62. The molecule has 0 saturated carbocycles. The molecule has 1 N–H and O–H groups in total. The molecule has 8 nitrogen and oxygen atoms in total. The second kappa shape index (κ2) is 5.23. The molecule has 0 radical (unpaired) electrons. The van der Waals surface area contributed by atoms with Crippen molar-refractivity contribution in [2.75, 3.05) is 0 Å². The van der Waals surface area contributed by atoms with E-state index >= 15 is 0 Å². The van der Waals surface area contributed by atoms with E-state index in [1.165, 1.54) is 24.7 Å². The lowest BCUT2D eigenvalue weighted by Gasteiger charge is -2.07. The summed E-state index contributed by atoms with van der Waals surface area (Å²) in [5, 5.41) is -0.0867. The van der Waals surface area contributed by atoms with Crippen molar-refractivity contribution in [2.45, 2.75) is 26.3 Å². The average Bonchev–Trinajstić information content (AvgIpc) is 2.41. The lowest BCUT2D eigenvalue weighted by molar-refractivity contribution is 0.587. The van der Waals surface area contributed by atoms with Crippen molar-refractivity contribution in [1.82, 2.24) is 14.1 Å². The Balaban J connectivity index is 2.80. The predicted octanol–water partition coefficient (Wildman–Crippen LogP) is 0.529. The largest absolute Gasteiger partial charge is 0.332 e. The van der Waals surface area contributed by atoms with Crippen molar-refractivity contribution in [3.63, 3.8) is 0 Å². The lowest BCUT2D eigenvalue weighted by Crippen LogP contribution is -2.39. The van der Waals surface area contributed by atoms with Crippen LogP contribution in [-0.4, -0.2) is 25.7 Å². The van der Waals surface area contributed by atoms with Gasteiger partial charge in [-0.2, -0.15) is 4.99 Å². The van der Waals surface area contributed by atoms with E-state index in [9.17, 15) is 14.4 Å². The first kappa shape index (κ1) is 15.7. The van der Waals surface area contributed by atoms with Gasteiger partial charge in [0.05, 0.1) is 11.5 Å². The van der Waals surface area contributed by atoms with Gasteiger partial charge in [0.1, 0.15) is 16.9 Å². The number of fused-ring (bicyclic) bond motifs is 1. The van der Waals surface area contributed by atoms with Crippen molar-refractivity contribution in [2.24, 2.45) is 24.1 Å². The molecule has 2 heterocycles. The molecule has 0 spiro atoms. The van der Waals surface area contributed by atoms with Crippen molar-refractivity contribution in [3.05, 3.63) is 37.1 Å². The monoisotopic (exact) mass is 303 g/mol. The molecule has 0 saturated heterocycles. The quantitative estimate of drug-likeness (QED) is 0.777. The third-order valence-corrected chi connectivity index (χ3v) is 2.98. The molecular weight excluding hydrogens is 286 g/mol. The zero-order valence-electron chi connectivity index (χ0n) is 13.1. The van der Waals surface area contributed by atoms with E-state index in [0.717, 1.165) is 4.57 Å². The number of aryl methyl sites for hydroxylation is 1. The number of nitrogens with one attached hydrogen (secondary N) is 1. The zero-order chi connectivity index (χ0) is 16.7. The SMILES string of the molecule is Cn1c(=O)c2c(=O)cc(N=C=NC(C)(C)C)[nH]c2n(C)c1=O. The zero-order valence-corrected chi connectivity index (χ0v) is 13.1. The molecule has 0 unspecified atom stereocenters. The summed E-state index contributed by atoms with van der Waals surface area (Å²) in [6.45, 7) is 5.64. The maximum Gasteiger partial charge on any atom is 0.332 e. The van der Waals surface area contributed by atoms with Crippen LogP contribution in [-0.2, 0) is 14.1 Å². The molecule has 2 rings (SSSR count). The summed E-state index contributed by atoms with van der Waals surface area (Å²) in [6, 6.07) is 3.68. The molecule has 0 bridgehead atoms. The number of aromatic amines is 1. The first-order valence-corrected chi connectivity index (χ1v) is 6.62. The smallest absolute Gasteiger partial charge is 0.325 e. The molecule has 0 aliphatic carbocycles. The highest BCUT2D eigenvalue weighted by molar-refractivity contribution is 5.75. The Bertz CT molecular complexity index is 979. The summed E-state index contributed by atoms with van der Waals surface area (Å²) in [6.07, 6.45) is 0. The summed E-state index contributed by atoms with van der Waals surface area (Å²) in [4.78, 5) is 46.9. The third-order valence-electron chi connectivity index (χ3n) is 2.98. The standard InChI is InChI=1S/C14H17N5O3/c1-14(2,3)16-7-15-9-6-8(20)10-11(17-9)18(4)13(22)19(5)12(10)21/h6H,1-5H3,(H,17,20). The molecule has 0 amide bonds. The first-order chi connectivity index (χ1) is 10.1. The van der Waals surface area contributed by atoms with E-state index < -0.39 is 16.7 Å². The van der Waals surface area contributed by atoms with Crippen LogP contribution in [0.3, 0.4) is 0 Å². The van der Waals surface area contributed by atoms with Gasteiger partial charge < -0.3 is 4.98 Å². The van der Waals surface area contributed by atoms with Crippen molar-refractivity contribution >= 4 is 22.9 Å². The topological polar surface area (TPSA) is 102 Å². The van der Waals surface area contributed by atoms with Crippen LogP contribution >= 0.6 is 0 Å². The van der Waals surface area contributed by atoms with Crippen molar-refractivity contribution in [1.29, 1.82) is 0 Å². The minimum Gasteiger partial charge on any atom is -0.325 e. The lowest BCUT2D eigenvalue weighted by atomic mass is 10.1. The van der Waals surface area contributed by atoms with Gasteiger partial charge in [0.25, 0.3) is 5.56 Å². The number of rotatable bonds is 1. The number of hydrogen-bond acceptors (Lipinski definition) is 5. The Morgan fingerprint density at radius 3 is 2.36 bits per heavy atom. The number of nitrogens with zero attached hydrogens (tertiary/aromatic N) is 4. The van der Waals surface area contributed by atoms with E-state index in [4.69, 9.17) is 0 Å². The molecule has 0 aliphatic rings. The van der Waals surface area contributed by atoms with Crippen LogP contribution < -0.4 is 16.7 Å². The van der Waals surface area contributed by atoms with E-state index in [1.54, 1.807) is 0 Å². The van der Waals surface area contributed by atoms with Gasteiger partial charge in [-0.15, -0.1) is 0 Å². The van der Waals surface area contributed by atoms with Gasteiger partial charge in [-0.05, 0) is 20.8 Å². The Hall–Kier alpha value is -2.73. The van der Waals surface area contributed by atoms with Crippen LogP contribution in [0.25, 0.3) is 11.0 Å². The normalized spacial score (nSPS) is 11.3. The number of pyridine rings is 1. The van der Waals surface area contributed by atoms with Crippen LogP contribution in [0.5, 0.6) is 0 Å². The molecule has 116 valence electrons. The van der Waals surface area contributed by atoms with Gasteiger partial charge >= 0.3 is 5.69 Å². The van der Waals surface area contributed by atoms with Crippen LogP contribution in [0.2, 0.25) is 0 Å². The Morgan fingerprint density at radius 2 is 1.77 bits per heavy atom. The fraction of sp³-hybridized carbons (Fsp3) is 0.429. The van der Waals surface area contributed by atoms with Gasteiger partial charge in [0.2, 0.25) is 0 Å². The van der Waals surface area contributed by atoms with E-state index in [-0.39, 0.29) is 22.4 Å². The molecule has 0 atom stereocenters. The third kappa shape index (κ3) is 2.82. The van der Waals surface area contributed by atoms with E-state index in [0.29, 0.717) is 0 Å². The molecule has 0 aromatic carbocycles. The Labute approximate surface area is 125 Å². The van der Waals surface area contributed by atoms with Gasteiger partial charge in [-0.1, -0.05) is 0 Å². The van der Waals surface area contributed by atoms with Crippen LogP contribution in [0.1, 0.15) is 20.8 Å². The fourth-order valence-corrected chi connectivity index (χ4v) is 1.86. The minimum atomic E-state index is -0.641. The summed E-state index contributed by atoms with van der Waals surface area (Å²) >= 11 is 0. The molecule has 22 heavy (non-hydrogen) atoms. The highest BCUT2D eigenvalue weighted by atomic mass is 16.2. The maximum atomic E-state index is 12.1. The van der Waals surface area contributed by atoms with Gasteiger partial charge in [-0.25, -0.2) is 9.79 Å². The van der Waals surface area contributed by atoms with E-state index in [2.05, 4.69) is 21.0 Å². The molecule has 0 fully saturated rings. The predicted molar refractivity (Wildman–Crippen MR) is 84.3 cm³/mol. The molecule has 2 aromatic rings. The summed E-state index contributed by atoms with van der Waals surface area (Å²) in [7, 11) is 2.79. The van der Waals surface area contributed by atoms with Crippen LogP contribution in [0, 0.1) is 0 Å². The maximum absolute atomic E-state index is 12.1. The molecular formula is C14H17N5O3. The van der Waals surface area contributed by atoms with Gasteiger partial charge in [0.15, 0.2) is 5.43 Å². The summed E-state index contributed by atoms with van der Waals surface area (Å²) in [5.74, 6) is 0.175. The molecule has 0 aliphatic heterocycles. The number of hydrogen-bond donors (Lipinski definition) is 1. The highest BCUT2D eigenvalue weighted by Gasteiger charge is 2.13. The summed E-state index contributed by atoms with van der Waals surface area (Å²) < 4.78 is 2.08. The average molecular weight is 303 g/mol. The molecule has 2 aromatic heterocycles. The molecule has 8 heteroatoms. The van der Waals surface area contributed by atoms with Crippen molar-refractivity contribution < 1.29 is 0 Å². The summed E-state index contributed by atoms with van der Waals surface area (Å²) in [5.41, 5.74) is -1.90. The minimum absolute atomic E-state index is 0.0867. The number of H-pyrrole nitrogens is 1. The highest BCUT2D eigenvalue weighted by Crippen LogP contribution is 2.09. The fourth-order valence-electron chi connectivity index (χ4n) is 1.86. The van der Waals surface area contributed by atoms with Crippen LogP contribution in [0.15, 0.2) is 30.4 Å². The second-order valence-electron chi connectivity index (χ2n) is 5.94. The Kier molecular flexibility index (Phi) is 3.72. The number of aromatic nitrogens is 3. The number of aliphatic imine (C=N–C) groups is 2. The van der Waals surface area contributed by atoms with Gasteiger partial charge in [-0.3, -0.25) is 18.7 Å². The van der Waals surface area contributed by atoms with Crippen LogP contribution in [0.4, 0.5) is 5.82 Å². The van der Waals surface area contributed by atoms with E-state index in [1.807, 2.05) is 20.8 Å². The Morgan fingerprint density at radius 1 is 1.14 bits per heavy atom. The van der Waals surface area contributed by atoms with Gasteiger partial charge in [0, 0.05) is 20.2 Å². The van der Waals surface area contributed by atoms with Crippen molar-refractivity contribution in [3.8, 4) is 0 Å².